The number of thioether (sulfide) groups is 1. The predicted molar refractivity (Wildman–Crippen MR) is 56.4 cm³/mol. The topological polar surface area (TPSA) is 89.9 Å². The number of rotatable bonds is 4. The van der Waals surface area contributed by atoms with Crippen molar-refractivity contribution in [3.8, 4) is 0 Å². The molecule has 2 unspecified atom stereocenters. The Bertz CT molecular complexity index is 371. The number of amides is 1. The van der Waals surface area contributed by atoms with E-state index in [1.807, 2.05) is 0 Å². The van der Waals surface area contributed by atoms with E-state index in [1.54, 1.807) is 6.92 Å². The lowest BCUT2D eigenvalue weighted by atomic mass is 9.91. The van der Waals surface area contributed by atoms with Crippen LogP contribution in [0.2, 0.25) is 0 Å². The molecule has 2 aliphatic rings. The van der Waals surface area contributed by atoms with Crippen molar-refractivity contribution >= 4 is 23.6 Å². The first-order chi connectivity index (χ1) is 7.56. The Morgan fingerprint density at radius 3 is 3.00 bits per heavy atom. The van der Waals surface area contributed by atoms with Crippen molar-refractivity contribution in [3.63, 3.8) is 0 Å². The fourth-order valence-corrected chi connectivity index (χ4v) is 3.17. The molecular formula is C9H12N2O4S. The Morgan fingerprint density at radius 1 is 1.75 bits per heavy atom. The monoisotopic (exact) mass is 244 g/mol. The molecule has 16 heavy (non-hydrogen) atoms. The summed E-state index contributed by atoms with van der Waals surface area (Å²) < 4.78 is 0. The molecule has 1 amide bonds. The van der Waals surface area contributed by atoms with Gasteiger partial charge in [0.05, 0.1) is 11.3 Å². The molecule has 7 heteroatoms. The molecule has 1 fully saturated rings. The minimum absolute atomic E-state index is 0.0564. The fourth-order valence-electron chi connectivity index (χ4n) is 1.93. The summed E-state index contributed by atoms with van der Waals surface area (Å²) in [5.41, 5.74) is 2.14. The zero-order chi connectivity index (χ0) is 11.9. The number of hydroxylamine groups is 1. The summed E-state index contributed by atoms with van der Waals surface area (Å²) in [7, 11) is 0. The van der Waals surface area contributed by atoms with E-state index in [1.165, 1.54) is 22.1 Å². The molecule has 0 bridgehead atoms. The van der Waals surface area contributed by atoms with Crippen LogP contribution in [-0.2, 0) is 9.59 Å². The number of β-lactam (4-membered cyclic amide) rings is 1. The number of carboxylic acid groups (broad SMARTS) is 1. The summed E-state index contributed by atoms with van der Waals surface area (Å²) in [6.07, 6.45) is 0.504. The van der Waals surface area contributed by atoms with Crippen molar-refractivity contribution in [2.24, 2.45) is 5.92 Å². The van der Waals surface area contributed by atoms with Gasteiger partial charge in [-0.1, -0.05) is 0 Å². The zero-order valence-electron chi connectivity index (χ0n) is 8.58. The maximum absolute atomic E-state index is 11.7. The summed E-state index contributed by atoms with van der Waals surface area (Å²) >= 11 is 1.35. The normalized spacial score (nSPS) is 29.5. The van der Waals surface area contributed by atoms with E-state index in [-0.39, 0.29) is 28.9 Å². The Labute approximate surface area is 96.3 Å². The van der Waals surface area contributed by atoms with Gasteiger partial charge in [0.15, 0.2) is 0 Å². The van der Waals surface area contributed by atoms with Crippen LogP contribution in [0, 0.1) is 5.92 Å². The van der Waals surface area contributed by atoms with Crippen LogP contribution in [0.3, 0.4) is 0 Å². The molecule has 88 valence electrons. The van der Waals surface area contributed by atoms with Gasteiger partial charge in [0.25, 0.3) is 0 Å². The Morgan fingerprint density at radius 2 is 2.44 bits per heavy atom. The predicted octanol–water partition coefficient (Wildman–Crippen LogP) is 0.201. The first kappa shape index (κ1) is 11.4. The molecule has 0 radical (unpaired) electrons. The molecule has 6 nitrogen and oxygen atoms in total. The largest absolute Gasteiger partial charge is 0.477 e. The highest BCUT2D eigenvalue weighted by Gasteiger charge is 2.53. The van der Waals surface area contributed by atoms with Crippen LogP contribution in [0.5, 0.6) is 0 Å². The minimum Gasteiger partial charge on any atom is -0.477 e. The van der Waals surface area contributed by atoms with E-state index < -0.39 is 5.97 Å². The third kappa shape index (κ3) is 1.60. The van der Waals surface area contributed by atoms with Crippen LogP contribution in [-0.4, -0.2) is 38.5 Å². The van der Waals surface area contributed by atoms with Crippen LogP contribution in [0.15, 0.2) is 11.1 Å². The number of hydrogen-bond donors (Lipinski definition) is 3. The maximum atomic E-state index is 11.7. The fraction of sp³-hybridized carbons (Fsp3) is 0.556. The SMILES string of the molecule is CC(CC1C(=O)N2C(C(=O)O)=CS[C@@H]12)NO. The smallest absolute Gasteiger partial charge is 0.353 e. The van der Waals surface area contributed by atoms with Crippen LogP contribution in [0.1, 0.15) is 13.3 Å². The van der Waals surface area contributed by atoms with E-state index in [9.17, 15) is 9.59 Å². The number of carbonyl (C=O) groups excluding carboxylic acids is 1. The first-order valence-corrected chi connectivity index (χ1v) is 5.82. The van der Waals surface area contributed by atoms with Crippen molar-refractivity contribution in [1.29, 1.82) is 0 Å². The standard InChI is InChI=1S/C9H12N2O4S/c1-4(10-15)2-5-7(12)11-6(9(13)14)3-16-8(5)11/h3-5,8,10,15H,2H2,1H3,(H,13,14)/t4?,5?,8-/m0/s1. The average molecular weight is 244 g/mol. The Hall–Kier alpha value is -1.05. The van der Waals surface area contributed by atoms with Crippen molar-refractivity contribution < 1.29 is 19.9 Å². The molecule has 0 aliphatic carbocycles. The van der Waals surface area contributed by atoms with Gasteiger partial charge in [-0.05, 0) is 13.3 Å². The minimum atomic E-state index is -1.07. The van der Waals surface area contributed by atoms with Gasteiger partial charge in [-0.15, -0.1) is 11.8 Å². The summed E-state index contributed by atoms with van der Waals surface area (Å²) in [5.74, 6) is -1.46. The molecule has 2 aliphatic heterocycles. The Kier molecular flexibility index (Phi) is 2.92. The molecule has 0 aromatic rings. The van der Waals surface area contributed by atoms with Gasteiger partial charge in [-0.2, -0.15) is 0 Å². The van der Waals surface area contributed by atoms with E-state index in [4.69, 9.17) is 10.3 Å². The molecule has 0 spiro atoms. The molecule has 2 heterocycles. The molecule has 0 saturated carbocycles. The van der Waals surface area contributed by atoms with Crippen molar-refractivity contribution in [3.05, 3.63) is 11.1 Å². The van der Waals surface area contributed by atoms with E-state index in [0.717, 1.165) is 0 Å². The van der Waals surface area contributed by atoms with Gasteiger partial charge in [0.1, 0.15) is 5.70 Å². The van der Waals surface area contributed by atoms with E-state index in [2.05, 4.69) is 5.48 Å². The van der Waals surface area contributed by atoms with E-state index in [0.29, 0.717) is 6.42 Å². The van der Waals surface area contributed by atoms with Crippen LogP contribution in [0.25, 0.3) is 0 Å². The lowest BCUT2D eigenvalue weighted by Crippen LogP contribution is -2.58. The Balaban J connectivity index is 2.02. The molecule has 0 aromatic carbocycles. The van der Waals surface area contributed by atoms with Gasteiger partial charge in [-0.3, -0.25) is 9.69 Å². The van der Waals surface area contributed by atoms with Gasteiger partial charge >= 0.3 is 5.97 Å². The van der Waals surface area contributed by atoms with E-state index >= 15 is 0 Å². The molecule has 3 N–H and O–H groups in total. The number of aliphatic carboxylic acids is 1. The highest BCUT2D eigenvalue weighted by atomic mass is 32.2. The number of nitrogens with zero attached hydrogens (tertiary/aromatic N) is 1. The van der Waals surface area contributed by atoms with Gasteiger partial charge < -0.3 is 10.3 Å². The maximum Gasteiger partial charge on any atom is 0.353 e. The second-order valence-electron chi connectivity index (χ2n) is 3.92. The first-order valence-electron chi connectivity index (χ1n) is 4.88. The molecule has 2 rings (SSSR count). The second kappa shape index (κ2) is 4.08. The molecular weight excluding hydrogens is 232 g/mol. The lowest BCUT2D eigenvalue weighted by molar-refractivity contribution is -0.152. The van der Waals surface area contributed by atoms with Crippen molar-refractivity contribution in [2.45, 2.75) is 24.8 Å². The van der Waals surface area contributed by atoms with Gasteiger partial charge in [0, 0.05) is 11.4 Å². The summed E-state index contributed by atoms with van der Waals surface area (Å²) in [6, 6.07) is -0.175. The number of carbonyl (C=O) groups is 2. The highest BCUT2D eigenvalue weighted by molar-refractivity contribution is 8.03. The third-order valence-electron chi connectivity index (χ3n) is 2.78. The second-order valence-corrected chi connectivity index (χ2v) is 4.91. The van der Waals surface area contributed by atoms with Crippen LogP contribution >= 0.6 is 11.8 Å². The number of hydrogen-bond acceptors (Lipinski definition) is 5. The number of nitrogens with one attached hydrogen (secondary N) is 1. The number of carboxylic acids is 1. The molecule has 1 saturated heterocycles. The van der Waals surface area contributed by atoms with Crippen molar-refractivity contribution in [2.75, 3.05) is 0 Å². The van der Waals surface area contributed by atoms with Gasteiger partial charge in [-0.25, -0.2) is 10.3 Å². The molecule has 3 atom stereocenters. The summed E-state index contributed by atoms with van der Waals surface area (Å²) in [5, 5.41) is 18.9. The van der Waals surface area contributed by atoms with Gasteiger partial charge in [0.2, 0.25) is 5.91 Å². The highest BCUT2D eigenvalue weighted by Crippen LogP contribution is 2.46. The lowest BCUT2D eigenvalue weighted by Gasteiger charge is -2.43. The molecule has 0 aromatic heterocycles. The quantitative estimate of drug-likeness (QED) is 0.483. The summed E-state index contributed by atoms with van der Waals surface area (Å²) in [4.78, 5) is 23.8. The van der Waals surface area contributed by atoms with Crippen LogP contribution in [0.4, 0.5) is 0 Å². The van der Waals surface area contributed by atoms with Crippen molar-refractivity contribution in [1.82, 2.24) is 10.4 Å². The zero-order valence-corrected chi connectivity index (χ0v) is 9.40. The third-order valence-corrected chi connectivity index (χ3v) is 3.96. The summed E-state index contributed by atoms with van der Waals surface area (Å²) in [6.45, 7) is 1.76. The average Bonchev–Trinajstić information content (AvgIpc) is 2.65. The van der Waals surface area contributed by atoms with Crippen LogP contribution < -0.4 is 5.48 Å². The number of fused-ring (bicyclic) bond motifs is 1.